The molecule has 0 saturated heterocycles. The van der Waals surface area contributed by atoms with Crippen molar-refractivity contribution < 1.29 is 14.3 Å². The molecule has 0 aliphatic rings. The van der Waals surface area contributed by atoms with Crippen molar-refractivity contribution in [3.05, 3.63) is 53.6 Å². The van der Waals surface area contributed by atoms with Crippen LogP contribution in [0, 0.1) is 5.92 Å². The third-order valence-electron chi connectivity index (χ3n) is 4.42. The minimum atomic E-state index is -0.898. The number of amides is 3. The summed E-state index contributed by atoms with van der Waals surface area (Å²) in [5, 5.41) is 11.2. The van der Waals surface area contributed by atoms with Crippen LogP contribution in [-0.4, -0.2) is 39.1 Å². The quantitative estimate of drug-likeness (QED) is 0.518. The van der Waals surface area contributed by atoms with Crippen LogP contribution in [0.1, 0.15) is 13.8 Å². The largest absolute Gasteiger partial charge is 0.497 e. The van der Waals surface area contributed by atoms with Gasteiger partial charge >= 0.3 is 6.03 Å². The number of hydrogen-bond acceptors (Lipinski definition) is 6. The fourth-order valence-electron chi connectivity index (χ4n) is 2.93. The number of urea groups is 1. The minimum Gasteiger partial charge on any atom is -0.497 e. The molecule has 0 saturated carbocycles. The van der Waals surface area contributed by atoms with Gasteiger partial charge < -0.3 is 10.5 Å². The summed E-state index contributed by atoms with van der Waals surface area (Å²) in [6.45, 7) is 3.75. The molecule has 0 aliphatic carbocycles. The summed E-state index contributed by atoms with van der Waals surface area (Å²) in [6.07, 6.45) is 0. The van der Waals surface area contributed by atoms with Gasteiger partial charge in [0, 0.05) is 11.3 Å². The Morgan fingerprint density at radius 1 is 1.13 bits per heavy atom. The number of carbonyl (C=O) groups excluding carboxylic acids is 2. The number of nitrogens with two attached hydrogens (primary N) is 1. The highest BCUT2D eigenvalue weighted by molar-refractivity contribution is 8.00. The summed E-state index contributed by atoms with van der Waals surface area (Å²) < 4.78 is 7.07. The van der Waals surface area contributed by atoms with E-state index in [2.05, 4.69) is 15.5 Å². The molecule has 2 aromatic carbocycles. The summed E-state index contributed by atoms with van der Waals surface area (Å²) in [6, 6.07) is 13.8. The van der Waals surface area contributed by atoms with Crippen LogP contribution in [0.4, 0.5) is 4.79 Å². The van der Waals surface area contributed by atoms with Gasteiger partial charge in [-0.3, -0.25) is 14.7 Å². The van der Waals surface area contributed by atoms with Gasteiger partial charge in [0.25, 0.3) is 0 Å². The molecule has 0 radical (unpaired) electrons. The molecule has 0 fully saturated rings. The molecule has 31 heavy (non-hydrogen) atoms. The highest BCUT2D eigenvalue weighted by atomic mass is 35.5. The van der Waals surface area contributed by atoms with E-state index in [4.69, 9.17) is 22.1 Å². The lowest BCUT2D eigenvalue weighted by Crippen LogP contribution is -2.42. The van der Waals surface area contributed by atoms with Gasteiger partial charge in [0.1, 0.15) is 5.75 Å². The first kappa shape index (κ1) is 22.6. The number of rotatable bonds is 7. The van der Waals surface area contributed by atoms with E-state index in [1.54, 1.807) is 13.2 Å². The van der Waals surface area contributed by atoms with Crippen LogP contribution in [0.5, 0.6) is 5.75 Å². The third kappa shape index (κ3) is 5.18. The Labute approximate surface area is 189 Å². The molecule has 3 amide bonds. The summed E-state index contributed by atoms with van der Waals surface area (Å²) >= 11 is 7.61. The van der Waals surface area contributed by atoms with E-state index in [0.29, 0.717) is 27.3 Å². The molecule has 1 aromatic heterocycles. The summed E-state index contributed by atoms with van der Waals surface area (Å²) in [5.41, 5.74) is 6.59. The number of imide groups is 1. The smallest absolute Gasteiger partial charge is 0.318 e. The monoisotopic (exact) mass is 459 g/mol. The van der Waals surface area contributed by atoms with Crippen molar-refractivity contribution in [1.29, 1.82) is 0 Å². The molecule has 10 heteroatoms. The van der Waals surface area contributed by atoms with Crippen molar-refractivity contribution in [1.82, 2.24) is 20.1 Å². The minimum absolute atomic E-state index is 0.103. The van der Waals surface area contributed by atoms with E-state index in [1.807, 2.05) is 60.9 Å². The number of halogens is 1. The van der Waals surface area contributed by atoms with E-state index in [1.165, 1.54) is 11.8 Å². The van der Waals surface area contributed by atoms with Crippen molar-refractivity contribution in [2.45, 2.75) is 24.3 Å². The molecule has 3 aromatic rings. The van der Waals surface area contributed by atoms with E-state index < -0.39 is 17.2 Å². The standard InChI is InChI=1S/C21H22ClN5O3S/c1-12(2)17(19(28)24-20(23)29)31-21-26-25-18(15-6-4-5-7-16(15)22)27(21)13-8-10-14(30-3)11-9-13/h4-12,17H,1-3H3,(H3,23,24,28,29)/t17-/m0/s1. The lowest BCUT2D eigenvalue weighted by atomic mass is 10.1. The number of thioether (sulfide) groups is 1. The Kier molecular flexibility index (Phi) is 7.19. The van der Waals surface area contributed by atoms with Gasteiger partial charge in [-0.15, -0.1) is 10.2 Å². The van der Waals surface area contributed by atoms with Gasteiger partial charge in [0.05, 0.1) is 17.4 Å². The molecule has 162 valence electrons. The average Bonchev–Trinajstić information content (AvgIpc) is 3.15. The van der Waals surface area contributed by atoms with E-state index in [0.717, 1.165) is 5.69 Å². The van der Waals surface area contributed by atoms with Gasteiger partial charge in [0.15, 0.2) is 11.0 Å². The molecule has 3 rings (SSSR count). The zero-order valence-corrected chi connectivity index (χ0v) is 18.8. The molecule has 1 atom stereocenters. The van der Waals surface area contributed by atoms with Crippen molar-refractivity contribution in [2.24, 2.45) is 11.7 Å². The molecule has 0 aliphatic heterocycles. The summed E-state index contributed by atoms with van der Waals surface area (Å²) in [7, 11) is 1.59. The van der Waals surface area contributed by atoms with Crippen molar-refractivity contribution in [2.75, 3.05) is 7.11 Å². The number of methoxy groups -OCH3 is 1. The Balaban J connectivity index is 2.10. The molecule has 1 heterocycles. The molecular weight excluding hydrogens is 438 g/mol. The summed E-state index contributed by atoms with van der Waals surface area (Å²) in [4.78, 5) is 23.7. The molecule has 0 bridgehead atoms. The zero-order chi connectivity index (χ0) is 22.5. The van der Waals surface area contributed by atoms with E-state index >= 15 is 0 Å². The summed E-state index contributed by atoms with van der Waals surface area (Å²) in [5.74, 6) is 0.632. The number of carbonyl (C=O) groups is 2. The van der Waals surface area contributed by atoms with Crippen molar-refractivity contribution in [3.8, 4) is 22.8 Å². The Morgan fingerprint density at radius 2 is 1.81 bits per heavy atom. The second-order valence-corrected chi connectivity index (χ2v) is 8.47. The number of primary amides is 1. The fourth-order valence-corrected chi connectivity index (χ4v) is 4.20. The van der Waals surface area contributed by atoms with Gasteiger partial charge in [-0.2, -0.15) is 0 Å². The number of ether oxygens (including phenoxy) is 1. The Hall–Kier alpha value is -3.04. The lowest BCUT2D eigenvalue weighted by molar-refractivity contribution is -0.120. The molecule has 3 N–H and O–H groups in total. The second-order valence-electron chi connectivity index (χ2n) is 6.96. The van der Waals surface area contributed by atoms with Crippen molar-refractivity contribution in [3.63, 3.8) is 0 Å². The second kappa shape index (κ2) is 9.84. The first-order valence-corrected chi connectivity index (χ1v) is 10.7. The maximum absolute atomic E-state index is 12.5. The number of hydrogen-bond donors (Lipinski definition) is 2. The van der Waals surface area contributed by atoms with Gasteiger partial charge in [-0.1, -0.05) is 49.3 Å². The highest BCUT2D eigenvalue weighted by Crippen LogP contribution is 2.35. The molecular formula is C21H22ClN5O3S. The SMILES string of the molecule is COc1ccc(-n2c(S[C@H](C(=O)NC(N)=O)C(C)C)nnc2-c2ccccc2Cl)cc1. The van der Waals surface area contributed by atoms with Crippen LogP contribution in [0.3, 0.4) is 0 Å². The Bertz CT molecular complexity index is 1080. The first-order valence-electron chi connectivity index (χ1n) is 9.43. The zero-order valence-electron chi connectivity index (χ0n) is 17.2. The van der Waals surface area contributed by atoms with E-state index in [9.17, 15) is 9.59 Å². The maximum Gasteiger partial charge on any atom is 0.318 e. The number of aromatic nitrogens is 3. The average molecular weight is 460 g/mol. The van der Waals surface area contributed by atoms with Gasteiger partial charge in [-0.25, -0.2) is 4.79 Å². The molecule has 0 unspecified atom stereocenters. The predicted octanol–water partition coefficient (Wildman–Crippen LogP) is 3.91. The van der Waals surface area contributed by atoms with Crippen LogP contribution in [0.15, 0.2) is 53.7 Å². The van der Waals surface area contributed by atoms with Gasteiger partial charge in [0.2, 0.25) is 5.91 Å². The van der Waals surface area contributed by atoms with Crippen molar-refractivity contribution >= 4 is 35.3 Å². The van der Waals surface area contributed by atoms with Crippen LogP contribution in [-0.2, 0) is 4.79 Å². The molecule has 0 spiro atoms. The van der Waals surface area contributed by atoms with Crippen LogP contribution < -0.4 is 15.8 Å². The fraction of sp³-hybridized carbons (Fsp3) is 0.238. The maximum atomic E-state index is 12.5. The van der Waals surface area contributed by atoms with Crippen LogP contribution in [0.2, 0.25) is 5.02 Å². The molecule has 8 nitrogen and oxygen atoms in total. The topological polar surface area (TPSA) is 112 Å². The predicted molar refractivity (Wildman–Crippen MR) is 121 cm³/mol. The number of nitrogens with one attached hydrogen (secondary N) is 1. The normalized spacial score (nSPS) is 11.9. The number of benzene rings is 2. The highest BCUT2D eigenvalue weighted by Gasteiger charge is 2.28. The first-order chi connectivity index (χ1) is 14.8. The van der Waals surface area contributed by atoms with Gasteiger partial charge in [-0.05, 0) is 42.3 Å². The van der Waals surface area contributed by atoms with Crippen LogP contribution in [0.25, 0.3) is 17.1 Å². The third-order valence-corrected chi connectivity index (χ3v) is 6.24. The number of nitrogens with zero attached hydrogens (tertiary/aromatic N) is 3. The Morgan fingerprint density at radius 3 is 2.39 bits per heavy atom. The van der Waals surface area contributed by atoms with E-state index in [-0.39, 0.29) is 5.92 Å². The lowest BCUT2D eigenvalue weighted by Gasteiger charge is -2.19. The van der Waals surface area contributed by atoms with Crippen LogP contribution >= 0.6 is 23.4 Å².